The summed E-state index contributed by atoms with van der Waals surface area (Å²) in [4.78, 5) is 0. The molecule has 2 rings (SSSR count). The van der Waals surface area contributed by atoms with Gasteiger partial charge in [-0.05, 0) is 55.7 Å². The third kappa shape index (κ3) is 3.06. The number of halogens is 1. The van der Waals surface area contributed by atoms with Crippen LogP contribution in [-0.2, 0) is 5.60 Å². The van der Waals surface area contributed by atoms with Crippen LogP contribution in [0.1, 0.15) is 45.1 Å². The molecule has 0 spiro atoms. The van der Waals surface area contributed by atoms with Crippen LogP contribution in [0, 0.1) is 11.8 Å². The molecule has 0 aromatic heterocycles. The number of aliphatic hydroxyl groups is 1. The fourth-order valence-corrected chi connectivity index (χ4v) is 3.27. The number of hydrogen-bond acceptors (Lipinski definition) is 2. The van der Waals surface area contributed by atoms with Gasteiger partial charge in [0.2, 0.25) is 0 Å². The van der Waals surface area contributed by atoms with E-state index in [9.17, 15) is 5.11 Å². The molecular formula is C16H23ClO2. The number of rotatable bonds is 3. The minimum absolute atomic E-state index is 0.648. The van der Waals surface area contributed by atoms with Crippen LogP contribution in [0.4, 0.5) is 0 Å². The van der Waals surface area contributed by atoms with E-state index in [-0.39, 0.29) is 0 Å². The van der Waals surface area contributed by atoms with Crippen molar-refractivity contribution in [1.82, 2.24) is 0 Å². The molecule has 1 fully saturated rings. The average Bonchev–Trinajstić information content (AvgIpc) is 2.39. The molecule has 0 radical (unpaired) electrons. The standard InChI is InChI=1S/C16H23ClO2/c1-11(2)12-6-8-16(18,9-7-12)14-10-13(17)4-5-15(14)19-3/h4-5,10-12,18H,6-9H2,1-3H3. The van der Waals surface area contributed by atoms with Crippen molar-refractivity contribution in [3.05, 3.63) is 28.8 Å². The first-order chi connectivity index (χ1) is 8.96. The summed E-state index contributed by atoms with van der Waals surface area (Å²) in [6.07, 6.45) is 3.69. The summed E-state index contributed by atoms with van der Waals surface area (Å²) in [5, 5.41) is 11.6. The summed E-state index contributed by atoms with van der Waals surface area (Å²) in [6.45, 7) is 4.52. The first-order valence-corrected chi connectivity index (χ1v) is 7.40. The molecule has 1 aromatic carbocycles. The molecule has 0 aliphatic heterocycles. The Kier molecular flexibility index (Phi) is 4.42. The Morgan fingerprint density at radius 3 is 2.47 bits per heavy atom. The zero-order valence-corrected chi connectivity index (χ0v) is 12.7. The highest BCUT2D eigenvalue weighted by Gasteiger charge is 2.37. The van der Waals surface area contributed by atoms with Crippen LogP contribution in [0.2, 0.25) is 5.02 Å². The molecule has 106 valence electrons. The van der Waals surface area contributed by atoms with Gasteiger partial charge in [-0.3, -0.25) is 0 Å². The zero-order chi connectivity index (χ0) is 14.0. The maximum atomic E-state index is 10.9. The lowest BCUT2D eigenvalue weighted by Crippen LogP contribution is -2.33. The van der Waals surface area contributed by atoms with Crippen LogP contribution >= 0.6 is 11.6 Å². The van der Waals surface area contributed by atoms with E-state index in [0.717, 1.165) is 37.0 Å². The molecule has 0 saturated heterocycles. The lowest BCUT2D eigenvalue weighted by Gasteiger charge is -2.38. The van der Waals surface area contributed by atoms with Gasteiger partial charge >= 0.3 is 0 Å². The second-order valence-electron chi connectivity index (χ2n) is 5.96. The Balaban J connectivity index is 2.24. The quantitative estimate of drug-likeness (QED) is 0.891. The Morgan fingerprint density at radius 2 is 1.95 bits per heavy atom. The predicted molar refractivity (Wildman–Crippen MR) is 78.7 cm³/mol. The van der Waals surface area contributed by atoms with E-state index in [1.54, 1.807) is 13.2 Å². The van der Waals surface area contributed by atoms with Gasteiger partial charge in [-0.25, -0.2) is 0 Å². The Labute approximate surface area is 120 Å². The van der Waals surface area contributed by atoms with E-state index < -0.39 is 5.60 Å². The number of hydrogen-bond donors (Lipinski definition) is 1. The minimum atomic E-state index is -0.790. The Bertz CT molecular complexity index is 434. The topological polar surface area (TPSA) is 29.5 Å². The minimum Gasteiger partial charge on any atom is -0.496 e. The fourth-order valence-electron chi connectivity index (χ4n) is 3.10. The summed E-state index contributed by atoms with van der Waals surface area (Å²) in [5.74, 6) is 2.13. The van der Waals surface area contributed by atoms with Gasteiger partial charge in [0.05, 0.1) is 12.7 Å². The molecule has 0 unspecified atom stereocenters. The largest absolute Gasteiger partial charge is 0.496 e. The van der Waals surface area contributed by atoms with Crippen LogP contribution in [-0.4, -0.2) is 12.2 Å². The molecule has 1 saturated carbocycles. The predicted octanol–water partition coefficient (Wildman–Crippen LogP) is 4.38. The third-order valence-corrected chi connectivity index (χ3v) is 4.70. The van der Waals surface area contributed by atoms with Crippen molar-refractivity contribution in [2.45, 2.75) is 45.1 Å². The van der Waals surface area contributed by atoms with Crippen molar-refractivity contribution >= 4 is 11.6 Å². The molecule has 1 aromatic rings. The van der Waals surface area contributed by atoms with Crippen molar-refractivity contribution in [3.63, 3.8) is 0 Å². The smallest absolute Gasteiger partial charge is 0.125 e. The van der Waals surface area contributed by atoms with Gasteiger partial charge in [-0.2, -0.15) is 0 Å². The lowest BCUT2D eigenvalue weighted by atomic mass is 9.72. The second-order valence-corrected chi connectivity index (χ2v) is 6.39. The Hall–Kier alpha value is -0.730. The number of ether oxygens (including phenoxy) is 1. The number of benzene rings is 1. The Morgan fingerprint density at radius 1 is 1.32 bits per heavy atom. The van der Waals surface area contributed by atoms with Gasteiger partial charge in [0.15, 0.2) is 0 Å². The van der Waals surface area contributed by atoms with Crippen molar-refractivity contribution in [1.29, 1.82) is 0 Å². The summed E-state index contributed by atoms with van der Waals surface area (Å²) >= 11 is 6.07. The maximum Gasteiger partial charge on any atom is 0.125 e. The van der Waals surface area contributed by atoms with E-state index in [4.69, 9.17) is 16.3 Å². The molecule has 1 aliphatic rings. The second kappa shape index (κ2) is 5.72. The molecule has 1 N–H and O–H groups in total. The highest BCUT2D eigenvalue weighted by atomic mass is 35.5. The first kappa shape index (κ1) is 14.7. The van der Waals surface area contributed by atoms with E-state index in [2.05, 4.69) is 13.8 Å². The third-order valence-electron chi connectivity index (χ3n) is 4.46. The van der Waals surface area contributed by atoms with Crippen LogP contribution < -0.4 is 4.74 Å². The van der Waals surface area contributed by atoms with Gasteiger partial charge in [0.25, 0.3) is 0 Å². The normalized spacial score (nSPS) is 27.6. The van der Waals surface area contributed by atoms with Gasteiger partial charge in [-0.15, -0.1) is 0 Å². The average molecular weight is 283 g/mol. The first-order valence-electron chi connectivity index (χ1n) is 7.02. The van der Waals surface area contributed by atoms with Crippen molar-refractivity contribution in [3.8, 4) is 5.75 Å². The number of methoxy groups -OCH3 is 1. The molecule has 1 aliphatic carbocycles. The molecule has 3 heteroatoms. The summed E-state index contributed by atoms with van der Waals surface area (Å²) < 4.78 is 5.37. The molecule has 2 nitrogen and oxygen atoms in total. The van der Waals surface area contributed by atoms with Crippen LogP contribution in [0.5, 0.6) is 5.75 Å². The summed E-state index contributed by atoms with van der Waals surface area (Å²) in [7, 11) is 1.63. The monoisotopic (exact) mass is 282 g/mol. The SMILES string of the molecule is COc1ccc(Cl)cc1C1(O)CCC(C(C)C)CC1. The molecule has 0 heterocycles. The van der Waals surface area contributed by atoms with Crippen LogP contribution in [0.3, 0.4) is 0 Å². The highest BCUT2D eigenvalue weighted by molar-refractivity contribution is 6.30. The van der Waals surface area contributed by atoms with Crippen LogP contribution in [0.15, 0.2) is 18.2 Å². The van der Waals surface area contributed by atoms with Gasteiger partial charge < -0.3 is 9.84 Å². The van der Waals surface area contributed by atoms with E-state index in [0.29, 0.717) is 16.9 Å². The molecule has 0 atom stereocenters. The lowest BCUT2D eigenvalue weighted by molar-refractivity contribution is -0.0216. The maximum absolute atomic E-state index is 10.9. The van der Waals surface area contributed by atoms with Crippen molar-refractivity contribution in [2.75, 3.05) is 7.11 Å². The van der Waals surface area contributed by atoms with E-state index >= 15 is 0 Å². The van der Waals surface area contributed by atoms with Crippen molar-refractivity contribution in [2.24, 2.45) is 11.8 Å². The van der Waals surface area contributed by atoms with E-state index in [1.807, 2.05) is 12.1 Å². The molecular weight excluding hydrogens is 260 g/mol. The van der Waals surface area contributed by atoms with Gasteiger partial charge in [0.1, 0.15) is 5.75 Å². The summed E-state index contributed by atoms with van der Waals surface area (Å²) in [6, 6.07) is 5.48. The van der Waals surface area contributed by atoms with Crippen molar-refractivity contribution < 1.29 is 9.84 Å². The van der Waals surface area contributed by atoms with Gasteiger partial charge in [-0.1, -0.05) is 25.4 Å². The molecule has 19 heavy (non-hydrogen) atoms. The zero-order valence-electron chi connectivity index (χ0n) is 11.9. The summed E-state index contributed by atoms with van der Waals surface area (Å²) in [5.41, 5.74) is 0.0476. The highest BCUT2D eigenvalue weighted by Crippen LogP contribution is 2.45. The van der Waals surface area contributed by atoms with Crippen LogP contribution in [0.25, 0.3) is 0 Å². The van der Waals surface area contributed by atoms with E-state index in [1.165, 1.54) is 0 Å². The fraction of sp³-hybridized carbons (Fsp3) is 0.625. The molecule has 0 amide bonds. The molecule has 0 bridgehead atoms. The van der Waals surface area contributed by atoms with Gasteiger partial charge in [0, 0.05) is 10.6 Å².